The van der Waals surface area contributed by atoms with Crippen molar-refractivity contribution in [3.63, 3.8) is 0 Å². The second-order valence-corrected chi connectivity index (χ2v) is 4.09. The molecule has 1 heterocycles. The van der Waals surface area contributed by atoms with Gasteiger partial charge in [0, 0.05) is 17.6 Å². The molecule has 0 spiro atoms. The summed E-state index contributed by atoms with van der Waals surface area (Å²) in [6.45, 7) is 6.49. The fourth-order valence-electron chi connectivity index (χ4n) is 2.03. The molecule has 0 radical (unpaired) electrons. The van der Waals surface area contributed by atoms with Crippen molar-refractivity contribution < 1.29 is 0 Å². The highest BCUT2D eigenvalue weighted by molar-refractivity contribution is 5.44. The molecular formula is C14H18N2. The topological polar surface area (TPSA) is 17.8 Å². The molecule has 1 aromatic carbocycles. The van der Waals surface area contributed by atoms with Crippen molar-refractivity contribution in [2.45, 2.75) is 33.6 Å². The van der Waals surface area contributed by atoms with Gasteiger partial charge in [-0.2, -0.15) is 0 Å². The zero-order valence-electron chi connectivity index (χ0n) is 10.2. The molecule has 1 aromatic heterocycles. The van der Waals surface area contributed by atoms with Crippen LogP contribution in [0.25, 0.3) is 5.69 Å². The summed E-state index contributed by atoms with van der Waals surface area (Å²) in [7, 11) is 0. The summed E-state index contributed by atoms with van der Waals surface area (Å²) in [5, 5.41) is 0. The van der Waals surface area contributed by atoms with Crippen LogP contribution in [0.4, 0.5) is 0 Å². The van der Waals surface area contributed by atoms with Gasteiger partial charge in [-0.05, 0) is 31.4 Å². The molecule has 0 unspecified atom stereocenters. The predicted molar refractivity (Wildman–Crippen MR) is 67.1 cm³/mol. The van der Waals surface area contributed by atoms with Crippen LogP contribution in [-0.2, 0) is 12.8 Å². The zero-order valence-corrected chi connectivity index (χ0v) is 10.2. The van der Waals surface area contributed by atoms with Gasteiger partial charge in [0.25, 0.3) is 0 Å². The first kappa shape index (κ1) is 10.9. The van der Waals surface area contributed by atoms with Crippen LogP contribution in [0.5, 0.6) is 0 Å². The molecule has 0 amide bonds. The first-order valence-electron chi connectivity index (χ1n) is 5.87. The number of hydrogen-bond donors (Lipinski definition) is 0. The molecular weight excluding hydrogens is 196 g/mol. The van der Waals surface area contributed by atoms with Gasteiger partial charge in [-0.3, -0.25) is 0 Å². The van der Waals surface area contributed by atoms with Gasteiger partial charge in [-0.15, -0.1) is 0 Å². The molecule has 0 fully saturated rings. The van der Waals surface area contributed by atoms with Gasteiger partial charge in [0.1, 0.15) is 0 Å². The summed E-state index contributed by atoms with van der Waals surface area (Å²) < 4.78 is 2.19. The zero-order chi connectivity index (χ0) is 11.5. The van der Waals surface area contributed by atoms with Crippen LogP contribution in [-0.4, -0.2) is 9.55 Å². The van der Waals surface area contributed by atoms with Crippen LogP contribution in [0.1, 0.15) is 30.7 Å². The van der Waals surface area contributed by atoms with Crippen molar-refractivity contribution in [2.24, 2.45) is 0 Å². The highest BCUT2D eigenvalue weighted by Crippen LogP contribution is 2.19. The first-order chi connectivity index (χ1) is 7.76. The lowest BCUT2D eigenvalue weighted by Gasteiger charge is -2.12. The van der Waals surface area contributed by atoms with Crippen molar-refractivity contribution in [3.05, 3.63) is 47.5 Å². The summed E-state index contributed by atoms with van der Waals surface area (Å²) in [5.74, 6) is 0. The molecule has 0 aliphatic carbocycles. The monoisotopic (exact) mass is 214 g/mol. The maximum Gasteiger partial charge on any atom is 0.0994 e. The van der Waals surface area contributed by atoms with Gasteiger partial charge in [-0.25, -0.2) is 4.98 Å². The summed E-state index contributed by atoms with van der Waals surface area (Å²) in [6, 6.07) is 6.61. The Morgan fingerprint density at radius 3 is 2.69 bits per heavy atom. The van der Waals surface area contributed by atoms with E-state index in [1.165, 1.54) is 22.5 Å². The van der Waals surface area contributed by atoms with Crippen molar-refractivity contribution in [2.75, 3.05) is 0 Å². The van der Waals surface area contributed by atoms with Crippen molar-refractivity contribution >= 4 is 0 Å². The van der Waals surface area contributed by atoms with E-state index in [2.05, 4.69) is 48.5 Å². The number of nitrogens with zero attached hydrogens (tertiary/aromatic N) is 2. The van der Waals surface area contributed by atoms with Crippen LogP contribution >= 0.6 is 0 Å². The smallest absolute Gasteiger partial charge is 0.0994 e. The largest absolute Gasteiger partial charge is 0.303 e. The van der Waals surface area contributed by atoms with E-state index in [9.17, 15) is 0 Å². The highest BCUT2D eigenvalue weighted by atomic mass is 15.0. The van der Waals surface area contributed by atoms with Crippen molar-refractivity contribution in [3.8, 4) is 5.69 Å². The Labute approximate surface area is 97.0 Å². The second-order valence-electron chi connectivity index (χ2n) is 4.09. The normalized spacial score (nSPS) is 10.7. The van der Waals surface area contributed by atoms with E-state index in [1.807, 2.05) is 12.5 Å². The standard InChI is InChI=1S/C14H18N2/c1-4-12-8-11(3)6-7-14(12)16-10-15-9-13(16)5-2/h6-10H,4-5H2,1-3H3. The molecule has 0 saturated heterocycles. The Balaban J connectivity index is 2.55. The maximum absolute atomic E-state index is 4.23. The third-order valence-corrected chi connectivity index (χ3v) is 2.95. The maximum atomic E-state index is 4.23. The third kappa shape index (κ3) is 1.87. The van der Waals surface area contributed by atoms with E-state index in [4.69, 9.17) is 0 Å². The molecule has 0 atom stereocenters. The first-order valence-corrected chi connectivity index (χ1v) is 5.87. The average Bonchev–Trinajstić information content (AvgIpc) is 2.76. The third-order valence-electron chi connectivity index (χ3n) is 2.95. The van der Waals surface area contributed by atoms with Gasteiger partial charge in [0.2, 0.25) is 0 Å². The quantitative estimate of drug-likeness (QED) is 0.766. The van der Waals surface area contributed by atoms with Gasteiger partial charge in [-0.1, -0.05) is 31.5 Å². The van der Waals surface area contributed by atoms with E-state index in [1.54, 1.807) is 0 Å². The van der Waals surface area contributed by atoms with Crippen LogP contribution in [0.3, 0.4) is 0 Å². The molecule has 2 heteroatoms. The molecule has 2 rings (SSSR count). The van der Waals surface area contributed by atoms with Gasteiger partial charge >= 0.3 is 0 Å². The lowest BCUT2D eigenvalue weighted by atomic mass is 10.1. The lowest BCUT2D eigenvalue weighted by Crippen LogP contribution is -2.01. The minimum Gasteiger partial charge on any atom is -0.303 e. The number of rotatable bonds is 3. The highest BCUT2D eigenvalue weighted by Gasteiger charge is 2.06. The summed E-state index contributed by atoms with van der Waals surface area (Å²) in [6.07, 6.45) is 5.91. The number of imidazole rings is 1. The molecule has 0 aliphatic heterocycles. The number of benzene rings is 1. The number of aryl methyl sites for hydroxylation is 3. The lowest BCUT2D eigenvalue weighted by molar-refractivity contribution is 0.913. The Morgan fingerprint density at radius 2 is 2.00 bits per heavy atom. The molecule has 0 N–H and O–H groups in total. The molecule has 2 nitrogen and oxygen atoms in total. The van der Waals surface area contributed by atoms with Crippen molar-refractivity contribution in [1.82, 2.24) is 9.55 Å². The van der Waals surface area contributed by atoms with E-state index < -0.39 is 0 Å². The molecule has 0 bridgehead atoms. The molecule has 2 aromatic rings. The van der Waals surface area contributed by atoms with E-state index >= 15 is 0 Å². The second kappa shape index (κ2) is 4.52. The Morgan fingerprint density at radius 1 is 1.19 bits per heavy atom. The van der Waals surface area contributed by atoms with E-state index in [0.717, 1.165) is 12.8 Å². The van der Waals surface area contributed by atoms with E-state index in [0.29, 0.717) is 0 Å². The summed E-state index contributed by atoms with van der Waals surface area (Å²) in [5.41, 5.74) is 5.23. The van der Waals surface area contributed by atoms with Crippen molar-refractivity contribution in [1.29, 1.82) is 0 Å². The average molecular weight is 214 g/mol. The van der Waals surface area contributed by atoms with Crippen LogP contribution in [0.2, 0.25) is 0 Å². The molecule has 16 heavy (non-hydrogen) atoms. The van der Waals surface area contributed by atoms with E-state index in [-0.39, 0.29) is 0 Å². The number of aromatic nitrogens is 2. The summed E-state index contributed by atoms with van der Waals surface area (Å²) >= 11 is 0. The SMILES string of the molecule is CCc1cc(C)ccc1-n1cncc1CC. The fraction of sp³-hybridized carbons (Fsp3) is 0.357. The Hall–Kier alpha value is -1.57. The van der Waals surface area contributed by atoms with Crippen LogP contribution in [0.15, 0.2) is 30.7 Å². The predicted octanol–water partition coefficient (Wildman–Crippen LogP) is 3.31. The van der Waals surface area contributed by atoms with Crippen LogP contribution < -0.4 is 0 Å². The molecule has 0 saturated carbocycles. The van der Waals surface area contributed by atoms with Crippen LogP contribution in [0, 0.1) is 6.92 Å². The Kier molecular flexibility index (Phi) is 3.09. The van der Waals surface area contributed by atoms with Gasteiger partial charge < -0.3 is 4.57 Å². The minimum absolute atomic E-state index is 1.01. The fourth-order valence-corrected chi connectivity index (χ4v) is 2.03. The Bertz CT molecular complexity index is 483. The van der Waals surface area contributed by atoms with Gasteiger partial charge in [0.05, 0.1) is 6.33 Å². The molecule has 84 valence electrons. The minimum atomic E-state index is 1.01. The number of hydrogen-bond acceptors (Lipinski definition) is 1. The summed E-state index contributed by atoms with van der Waals surface area (Å²) in [4.78, 5) is 4.23. The molecule has 0 aliphatic rings. The van der Waals surface area contributed by atoms with Gasteiger partial charge in [0.15, 0.2) is 0 Å².